The van der Waals surface area contributed by atoms with Crippen molar-refractivity contribution in [2.24, 2.45) is 0 Å². The lowest BCUT2D eigenvalue weighted by atomic mass is 9.99. The first-order valence-corrected chi connectivity index (χ1v) is 9.57. The average molecular weight is 351 g/mol. The molecule has 2 aromatic rings. The Kier molecular flexibility index (Phi) is 4.52. The molecular weight excluding hydrogens is 334 g/mol. The fourth-order valence-electron chi connectivity index (χ4n) is 2.83. The van der Waals surface area contributed by atoms with Crippen LogP contribution < -0.4 is 0 Å². The van der Waals surface area contributed by atoms with Gasteiger partial charge in [0, 0.05) is 13.1 Å². The third-order valence-corrected chi connectivity index (χ3v) is 6.97. The first-order chi connectivity index (χ1) is 11.0. The number of hydrogen-bond donors (Lipinski definition) is 0. The summed E-state index contributed by atoms with van der Waals surface area (Å²) in [7, 11) is -2.43. The molecule has 1 aliphatic heterocycles. The summed E-state index contributed by atoms with van der Waals surface area (Å²) in [5.41, 5.74) is 1.14. The van der Waals surface area contributed by atoms with Crippen LogP contribution in [0, 0.1) is 0 Å². The Morgan fingerprint density at radius 3 is 2.70 bits per heavy atom. The Bertz CT molecular complexity index is 798. The molecule has 0 aliphatic carbocycles. The van der Waals surface area contributed by atoms with Gasteiger partial charge in [-0.25, -0.2) is 13.2 Å². The molecule has 5 nitrogen and oxygen atoms in total. The quantitative estimate of drug-likeness (QED) is 0.795. The molecule has 122 valence electrons. The van der Waals surface area contributed by atoms with Gasteiger partial charge in [-0.05, 0) is 29.3 Å². The normalized spacial score (nSPS) is 18.9. The minimum absolute atomic E-state index is 0.0445. The van der Waals surface area contributed by atoms with Crippen LogP contribution in [-0.4, -0.2) is 38.9 Å². The molecule has 1 fully saturated rings. The van der Waals surface area contributed by atoms with Gasteiger partial charge >= 0.3 is 5.97 Å². The lowest BCUT2D eigenvalue weighted by molar-refractivity contribution is 0.0602. The predicted molar refractivity (Wildman–Crippen MR) is 88.2 cm³/mol. The molecule has 23 heavy (non-hydrogen) atoms. The van der Waals surface area contributed by atoms with Crippen LogP contribution in [0.15, 0.2) is 46.7 Å². The number of esters is 1. The van der Waals surface area contributed by atoms with E-state index in [4.69, 9.17) is 0 Å². The molecule has 1 unspecified atom stereocenters. The lowest BCUT2D eigenvalue weighted by Gasteiger charge is -2.16. The summed E-state index contributed by atoms with van der Waals surface area (Å²) >= 11 is 1.08. The topological polar surface area (TPSA) is 63.7 Å². The molecule has 0 saturated carbocycles. The molecule has 0 spiro atoms. The highest BCUT2D eigenvalue weighted by Gasteiger charge is 2.36. The molecule has 3 rings (SSSR count). The largest absolute Gasteiger partial charge is 0.465 e. The van der Waals surface area contributed by atoms with Crippen molar-refractivity contribution in [2.45, 2.75) is 17.2 Å². The van der Waals surface area contributed by atoms with Gasteiger partial charge < -0.3 is 4.74 Å². The van der Waals surface area contributed by atoms with Crippen LogP contribution in [0.5, 0.6) is 0 Å². The van der Waals surface area contributed by atoms with Crippen molar-refractivity contribution >= 4 is 27.3 Å². The van der Waals surface area contributed by atoms with E-state index in [1.807, 2.05) is 30.3 Å². The Hall–Kier alpha value is -1.70. The second kappa shape index (κ2) is 6.43. The van der Waals surface area contributed by atoms with Gasteiger partial charge in [0.2, 0.25) is 10.0 Å². The second-order valence-electron chi connectivity index (χ2n) is 5.36. The van der Waals surface area contributed by atoms with Gasteiger partial charge in [-0.15, -0.1) is 11.3 Å². The minimum atomic E-state index is -3.68. The van der Waals surface area contributed by atoms with Crippen LogP contribution in [-0.2, 0) is 14.8 Å². The van der Waals surface area contributed by atoms with Gasteiger partial charge in [0.1, 0.15) is 9.77 Å². The number of hydrogen-bond acceptors (Lipinski definition) is 5. The maximum atomic E-state index is 12.8. The van der Waals surface area contributed by atoms with Crippen molar-refractivity contribution in [3.63, 3.8) is 0 Å². The van der Waals surface area contributed by atoms with Crippen LogP contribution in [0.3, 0.4) is 0 Å². The number of carbonyl (C=O) groups is 1. The van der Waals surface area contributed by atoms with Crippen molar-refractivity contribution in [3.8, 4) is 0 Å². The van der Waals surface area contributed by atoms with Gasteiger partial charge in [-0.1, -0.05) is 30.3 Å². The van der Waals surface area contributed by atoms with Crippen molar-refractivity contribution in [1.82, 2.24) is 4.31 Å². The molecule has 2 heterocycles. The van der Waals surface area contributed by atoms with Gasteiger partial charge in [0.25, 0.3) is 0 Å². The lowest BCUT2D eigenvalue weighted by Crippen LogP contribution is -2.29. The molecule has 7 heteroatoms. The van der Waals surface area contributed by atoms with Crippen molar-refractivity contribution in [2.75, 3.05) is 20.2 Å². The van der Waals surface area contributed by atoms with Crippen molar-refractivity contribution in [1.29, 1.82) is 0 Å². The summed E-state index contributed by atoms with van der Waals surface area (Å²) in [5.74, 6) is -0.427. The molecule has 1 aromatic carbocycles. The van der Waals surface area contributed by atoms with E-state index in [0.29, 0.717) is 13.1 Å². The number of thiophene rings is 1. The molecule has 0 radical (unpaired) electrons. The predicted octanol–water partition coefficient (Wildman–Crippen LogP) is 2.71. The number of nitrogens with zero attached hydrogens (tertiary/aromatic N) is 1. The molecule has 0 amide bonds. The average Bonchev–Trinajstić information content (AvgIpc) is 3.24. The van der Waals surface area contributed by atoms with E-state index < -0.39 is 16.0 Å². The van der Waals surface area contributed by atoms with E-state index in [1.165, 1.54) is 17.5 Å². The van der Waals surface area contributed by atoms with Crippen molar-refractivity contribution < 1.29 is 17.9 Å². The maximum absolute atomic E-state index is 12.8. The number of methoxy groups -OCH3 is 1. The molecule has 1 atom stereocenters. The van der Waals surface area contributed by atoms with Crippen LogP contribution in [0.1, 0.15) is 27.6 Å². The Balaban J connectivity index is 1.85. The summed E-state index contributed by atoms with van der Waals surface area (Å²) in [6.07, 6.45) is 0.779. The maximum Gasteiger partial charge on any atom is 0.349 e. The molecule has 1 aliphatic rings. The number of rotatable bonds is 4. The Morgan fingerprint density at radius 1 is 1.26 bits per heavy atom. The SMILES string of the molecule is COC(=O)c1sccc1S(=O)(=O)N1CCC(c2ccccc2)C1. The van der Waals surface area contributed by atoms with E-state index in [9.17, 15) is 13.2 Å². The van der Waals surface area contributed by atoms with E-state index in [0.717, 1.165) is 23.3 Å². The summed E-state index contributed by atoms with van der Waals surface area (Å²) in [5, 5.41) is 1.60. The fourth-order valence-corrected chi connectivity index (χ4v) is 5.63. The number of ether oxygens (including phenoxy) is 1. The first-order valence-electron chi connectivity index (χ1n) is 7.25. The van der Waals surface area contributed by atoms with Gasteiger partial charge in [-0.3, -0.25) is 0 Å². The zero-order valence-corrected chi connectivity index (χ0v) is 14.3. The van der Waals surface area contributed by atoms with Crippen LogP contribution >= 0.6 is 11.3 Å². The number of sulfonamides is 1. The summed E-state index contributed by atoms with van der Waals surface area (Å²) in [6, 6.07) is 11.4. The number of benzene rings is 1. The monoisotopic (exact) mass is 351 g/mol. The molecule has 0 N–H and O–H groups in total. The summed E-state index contributed by atoms with van der Waals surface area (Å²) < 4.78 is 31.8. The second-order valence-corrected chi connectivity index (χ2v) is 8.19. The third-order valence-electron chi connectivity index (χ3n) is 4.04. The number of carbonyl (C=O) groups excluding carboxylic acids is 1. The smallest absolute Gasteiger partial charge is 0.349 e. The highest BCUT2D eigenvalue weighted by Crippen LogP contribution is 2.33. The summed E-state index contributed by atoms with van der Waals surface area (Å²) in [4.78, 5) is 11.9. The van der Waals surface area contributed by atoms with Gasteiger partial charge in [-0.2, -0.15) is 4.31 Å². The van der Waals surface area contributed by atoms with E-state index >= 15 is 0 Å². The van der Waals surface area contributed by atoms with E-state index in [1.54, 1.807) is 5.38 Å². The molecule has 1 aromatic heterocycles. The Labute approximate surface area is 139 Å². The third kappa shape index (κ3) is 3.04. The van der Waals surface area contributed by atoms with Crippen LogP contribution in [0.2, 0.25) is 0 Å². The highest BCUT2D eigenvalue weighted by molar-refractivity contribution is 7.89. The zero-order chi connectivity index (χ0) is 16.4. The first kappa shape index (κ1) is 16.2. The molecular formula is C16H17NO4S2. The fraction of sp³-hybridized carbons (Fsp3) is 0.312. The highest BCUT2D eigenvalue weighted by atomic mass is 32.2. The van der Waals surface area contributed by atoms with Crippen molar-refractivity contribution in [3.05, 3.63) is 52.2 Å². The van der Waals surface area contributed by atoms with E-state index in [-0.39, 0.29) is 15.7 Å². The summed E-state index contributed by atoms with van der Waals surface area (Å²) in [6.45, 7) is 0.890. The van der Waals surface area contributed by atoms with Crippen LogP contribution in [0.25, 0.3) is 0 Å². The molecule has 0 bridgehead atoms. The zero-order valence-electron chi connectivity index (χ0n) is 12.6. The Morgan fingerprint density at radius 2 is 2.00 bits per heavy atom. The van der Waals surface area contributed by atoms with E-state index in [2.05, 4.69) is 4.74 Å². The van der Waals surface area contributed by atoms with Gasteiger partial charge in [0.05, 0.1) is 7.11 Å². The minimum Gasteiger partial charge on any atom is -0.465 e. The standard InChI is InChI=1S/C16H17NO4S2/c1-21-16(18)15-14(8-10-22-15)23(19,20)17-9-7-13(11-17)12-5-3-2-4-6-12/h2-6,8,10,13H,7,9,11H2,1H3. The van der Waals surface area contributed by atoms with Gasteiger partial charge in [0.15, 0.2) is 0 Å². The molecule has 1 saturated heterocycles. The van der Waals surface area contributed by atoms with Crippen LogP contribution in [0.4, 0.5) is 0 Å².